The number of hydrogen-bond acceptors (Lipinski definition) is 3. The first-order valence-electron chi connectivity index (χ1n) is 5.93. The Morgan fingerprint density at radius 2 is 1.57 bits per heavy atom. The Balaban J connectivity index is 3.64. The van der Waals surface area contributed by atoms with Gasteiger partial charge in [-0.25, -0.2) is 0 Å². The summed E-state index contributed by atoms with van der Waals surface area (Å²) in [6.07, 6.45) is -11.1. The van der Waals surface area contributed by atoms with E-state index in [1.54, 1.807) is 0 Å². The van der Waals surface area contributed by atoms with Gasteiger partial charge in [0.2, 0.25) is 0 Å². The lowest BCUT2D eigenvalue weighted by Gasteiger charge is -2.47. The number of oxime groups is 1. The van der Waals surface area contributed by atoms with Crippen LogP contribution in [0.2, 0.25) is 0 Å². The minimum Gasteiger partial charge on any atom is -0.411 e. The lowest BCUT2D eigenvalue weighted by molar-refractivity contribution is -0.385. The molecule has 2 N–H and O–H groups in total. The van der Waals surface area contributed by atoms with Crippen LogP contribution in [0.1, 0.15) is 27.2 Å². The number of aliphatic hydroxyl groups is 1. The van der Waals surface area contributed by atoms with Crippen molar-refractivity contribution in [1.82, 2.24) is 0 Å². The molecule has 21 heavy (non-hydrogen) atoms. The molecule has 1 aliphatic carbocycles. The summed E-state index contributed by atoms with van der Waals surface area (Å²) < 4.78 is 78.0. The molecular formula is C12H15F6NO2. The Hall–Kier alpha value is -1.25. The zero-order chi connectivity index (χ0) is 16.9. The monoisotopic (exact) mass is 319 g/mol. The lowest BCUT2D eigenvalue weighted by atomic mass is 9.61. The molecule has 1 unspecified atom stereocenters. The van der Waals surface area contributed by atoms with Crippen LogP contribution in [0.15, 0.2) is 16.8 Å². The summed E-state index contributed by atoms with van der Waals surface area (Å²) in [5.41, 5.74) is -7.00. The normalized spacial score (nSPS) is 25.9. The van der Waals surface area contributed by atoms with Crippen LogP contribution >= 0.6 is 0 Å². The fourth-order valence-electron chi connectivity index (χ4n) is 2.96. The van der Waals surface area contributed by atoms with Gasteiger partial charge in [-0.1, -0.05) is 24.6 Å². The molecule has 0 radical (unpaired) electrons. The number of nitrogens with zero attached hydrogens (tertiary/aromatic N) is 1. The first kappa shape index (κ1) is 17.8. The van der Waals surface area contributed by atoms with E-state index in [9.17, 15) is 31.4 Å². The summed E-state index contributed by atoms with van der Waals surface area (Å²) in [5.74, 6) is -2.47. The Morgan fingerprint density at radius 3 is 1.90 bits per heavy atom. The van der Waals surface area contributed by atoms with Crippen LogP contribution in [-0.4, -0.2) is 34.0 Å². The second-order valence-electron chi connectivity index (χ2n) is 5.88. The Labute approximate surface area is 116 Å². The van der Waals surface area contributed by atoms with Crippen molar-refractivity contribution in [3.05, 3.63) is 11.6 Å². The van der Waals surface area contributed by atoms with E-state index in [1.807, 2.05) is 0 Å². The summed E-state index contributed by atoms with van der Waals surface area (Å²) in [5, 5.41) is 20.9. The average molecular weight is 319 g/mol. The van der Waals surface area contributed by atoms with Crippen LogP contribution in [-0.2, 0) is 0 Å². The van der Waals surface area contributed by atoms with Crippen molar-refractivity contribution in [3.8, 4) is 0 Å². The summed E-state index contributed by atoms with van der Waals surface area (Å²) in [7, 11) is 0. The zero-order valence-corrected chi connectivity index (χ0v) is 11.5. The molecule has 0 heterocycles. The maximum atomic E-state index is 13.0. The summed E-state index contributed by atoms with van der Waals surface area (Å²) in [4.78, 5) is 0. The third kappa shape index (κ3) is 2.75. The maximum absolute atomic E-state index is 13.0. The highest BCUT2D eigenvalue weighted by molar-refractivity contribution is 5.99. The second kappa shape index (κ2) is 4.89. The van der Waals surface area contributed by atoms with Crippen molar-refractivity contribution in [1.29, 1.82) is 0 Å². The van der Waals surface area contributed by atoms with Gasteiger partial charge in [0.15, 0.2) is 0 Å². The SMILES string of the molecule is CC1=CC(=NO)C(C(O)(C(F)(F)F)C(F)(F)F)C(C)(C)C1. The molecule has 0 saturated carbocycles. The predicted molar refractivity (Wildman–Crippen MR) is 61.9 cm³/mol. The number of halogens is 6. The molecule has 1 rings (SSSR count). The van der Waals surface area contributed by atoms with Crippen molar-refractivity contribution < 1.29 is 36.7 Å². The number of allylic oxidation sites excluding steroid dienone is 2. The molecule has 9 heteroatoms. The highest BCUT2D eigenvalue weighted by atomic mass is 19.4. The Bertz CT molecular complexity index is 461. The van der Waals surface area contributed by atoms with Crippen LogP contribution in [0.4, 0.5) is 26.3 Å². The van der Waals surface area contributed by atoms with Gasteiger partial charge in [0, 0.05) is 0 Å². The predicted octanol–water partition coefficient (Wildman–Crippen LogP) is 3.66. The molecule has 0 fully saturated rings. The fourth-order valence-corrected chi connectivity index (χ4v) is 2.96. The van der Waals surface area contributed by atoms with Gasteiger partial charge in [0.05, 0.1) is 11.6 Å². The maximum Gasteiger partial charge on any atom is 0.426 e. The molecule has 0 amide bonds. The fraction of sp³-hybridized carbons (Fsp3) is 0.750. The van der Waals surface area contributed by atoms with Gasteiger partial charge in [-0.2, -0.15) is 26.3 Å². The molecule has 0 aliphatic heterocycles. The van der Waals surface area contributed by atoms with Gasteiger partial charge < -0.3 is 10.3 Å². The minimum atomic E-state index is -5.97. The van der Waals surface area contributed by atoms with Gasteiger partial charge in [0.1, 0.15) is 0 Å². The molecule has 0 saturated heterocycles. The van der Waals surface area contributed by atoms with Crippen molar-refractivity contribution in [2.45, 2.75) is 45.1 Å². The molecule has 3 nitrogen and oxygen atoms in total. The first-order chi connectivity index (χ1) is 9.18. The van der Waals surface area contributed by atoms with Crippen LogP contribution in [0.25, 0.3) is 0 Å². The van der Waals surface area contributed by atoms with Gasteiger partial charge >= 0.3 is 12.4 Å². The number of rotatable bonds is 1. The van der Waals surface area contributed by atoms with Gasteiger partial charge in [-0.15, -0.1) is 0 Å². The van der Waals surface area contributed by atoms with Crippen molar-refractivity contribution in [2.75, 3.05) is 0 Å². The number of alkyl halides is 6. The first-order valence-corrected chi connectivity index (χ1v) is 5.93. The standard InChI is InChI=1S/C12H15F6NO2/c1-6-4-7(19-21)8(9(2,3)5-6)10(20,11(13,14)15)12(16,17)18/h4,8,20-21H,5H2,1-3H3. The van der Waals surface area contributed by atoms with Crippen molar-refractivity contribution >= 4 is 5.71 Å². The molecular weight excluding hydrogens is 304 g/mol. The molecule has 0 bridgehead atoms. The quantitative estimate of drug-likeness (QED) is 0.440. The number of hydrogen-bond donors (Lipinski definition) is 2. The zero-order valence-electron chi connectivity index (χ0n) is 11.5. The van der Waals surface area contributed by atoms with E-state index in [-0.39, 0.29) is 6.42 Å². The van der Waals surface area contributed by atoms with Crippen LogP contribution in [0, 0.1) is 11.3 Å². The van der Waals surface area contributed by atoms with Gasteiger partial charge in [0.25, 0.3) is 5.60 Å². The van der Waals surface area contributed by atoms with E-state index in [2.05, 4.69) is 5.16 Å². The van der Waals surface area contributed by atoms with E-state index in [0.717, 1.165) is 19.9 Å². The van der Waals surface area contributed by atoms with E-state index in [4.69, 9.17) is 5.21 Å². The highest BCUT2D eigenvalue weighted by Gasteiger charge is 2.76. The molecule has 0 aromatic rings. The molecule has 122 valence electrons. The van der Waals surface area contributed by atoms with Crippen molar-refractivity contribution in [2.24, 2.45) is 16.5 Å². The van der Waals surface area contributed by atoms with Gasteiger partial charge in [-0.3, -0.25) is 0 Å². The summed E-state index contributed by atoms with van der Waals surface area (Å²) in [6, 6.07) is 0. The lowest BCUT2D eigenvalue weighted by Crippen LogP contribution is -2.67. The average Bonchev–Trinajstić information content (AvgIpc) is 2.22. The smallest absolute Gasteiger partial charge is 0.411 e. The van der Waals surface area contributed by atoms with E-state index in [0.29, 0.717) is 5.57 Å². The highest BCUT2D eigenvalue weighted by Crippen LogP contribution is 2.55. The van der Waals surface area contributed by atoms with Crippen LogP contribution in [0.5, 0.6) is 0 Å². The van der Waals surface area contributed by atoms with Crippen molar-refractivity contribution in [3.63, 3.8) is 0 Å². The third-order valence-corrected chi connectivity index (χ3v) is 3.60. The second-order valence-corrected chi connectivity index (χ2v) is 5.88. The van der Waals surface area contributed by atoms with E-state index in [1.165, 1.54) is 6.92 Å². The third-order valence-electron chi connectivity index (χ3n) is 3.60. The van der Waals surface area contributed by atoms with E-state index < -0.39 is 35.0 Å². The largest absolute Gasteiger partial charge is 0.426 e. The Kier molecular flexibility index (Phi) is 4.15. The molecule has 0 spiro atoms. The van der Waals surface area contributed by atoms with Crippen LogP contribution in [0.3, 0.4) is 0 Å². The van der Waals surface area contributed by atoms with Crippen LogP contribution < -0.4 is 0 Å². The molecule has 1 aliphatic rings. The summed E-state index contributed by atoms with van der Waals surface area (Å²) >= 11 is 0. The van der Waals surface area contributed by atoms with Gasteiger partial charge in [-0.05, 0) is 24.8 Å². The summed E-state index contributed by atoms with van der Waals surface area (Å²) in [6.45, 7) is 3.80. The topological polar surface area (TPSA) is 52.8 Å². The molecule has 0 aromatic heterocycles. The molecule has 0 aromatic carbocycles. The molecule has 1 atom stereocenters. The Morgan fingerprint density at radius 1 is 1.14 bits per heavy atom. The minimum absolute atomic E-state index is 0.106. The van der Waals surface area contributed by atoms with E-state index >= 15 is 0 Å².